The van der Waals surface area contributed by atoms with Crippen LogP contribution in [0.3, 0.4) is 0 Å². The molecule has 3 rings (SSSR count). The molecule has 2 aromatic rings. The first-order valence-corrected chi connectivity index (χ1v) is 11.8. The van der Waals surface area contributed by atoms with Crippen LogP contribution in [0.1, 0.15) is 52.5 Å². The zero-order valence-corrected chi connectivity index (χ0v) is 19.9. The van der Waals surface area contributed by atoms with Crippen LogP contribution in [0.4, 0.5) is 5.95 Å². The van der Waals surface area contributed by atoms with Crippen LogP contribution >= 0.6 is 11.8 Å². The van der Waals surface area contributed by atoms with Crippen LogP contribution in [-0.2, 0) is 4.79 Å². The standard InChI is InChI=1S/C23H32N6OS/c1-16(2)23(5,15-24)25-20(30)18(4)31-22-27-26-21(28-13-7-6-8-14-28)29(22)19-11-9-17(3)10-12-19/h9-12,16,18H,6-8,13-14H2,1-5H3,(H,25,30)/t18-,23-/m0/s1. The summed E-state index contributed by atoms with van der Waals surface area (Å²) < 4.78 is 2.05. The lowest BCUT2D eigenvalue weighted by Gasteiger charge is -2.29. The number of nitrogens with one attached hydrogen (secondary N) is 1. The second-order valence-electron chi connectivity index (χ2n) is 8.72. The van der Waals surface area contributed by atoms with Crippen molar-refractivity contribution in [2.75, 3.05) is 18.0 Å². The fourth-order valence-electron chi connectivity index (χ4n) is 3.43. The average Bonchev–Trinajstić information content (AvgIpc) is 3.18. The number of carbonyl (C=O) groups excluding carboxylic acids is 1. The lowest BCUT2D eigenvalue weighted by atomic mass is 9.90. The van der Waals surface area contributed by atoms with Crippen molar-refractivity contribution >= 4 is 23.6 Å². The second kappa shape index (κ2) is 9.73. The monoisotopic (exact) mass is 440 g/mol. The van der Waals surface area contributed by atoms with E-state index < -0.39 is 10.8 Å². The normalized spacial score (nSPS) is 17.1. The number of hydrogen-bond acceptors (Lipinski definition) is 6. The zero-order chi connectivity index (χ0) is 22.6. The summed E-state index contributed by atoms with van der Waals surface area (Å²) in [5.74, 6) is 0.643. The van der Waals surface area contributed by atoms with Crippen molar-refractivity contribution in [2.24, 2.45) is 5.92 Å². The van der Waals surface area contributed by atoms with Gasteiger partial charge in [-0.05, 0) is 58.1 Å². The lowest BCUT2D eigenvalue weighted by Crippen LogP contribution is -2.51. The van der Waals surface area contributed by atoms with Crippen molar-refractivity contribution in [3.05, 3.63) is 29.8 Å². The van der Waals surface area contributed by atoms with Crippen LogP contribution in [0.15, 0.2) is 29.4 Å². The second-order valence-corrected chi connectivity index (χ2v) is 10.0. The topological polar surface area (TPSA) is 86.8 Å². The molecule has 0 unspecified atom stereocenters. The van der Waals surface area contributed by atoms with Crippen molar-refractivity contribution in [1.82, 2.24) is 20.1 Å². The third kappa shape index (κ3) is 5.21. The molecule has 166 valence electrons. The van der Waals surface area contributed by atoms with Gasteiger partial charge in [0, 0.05) is 13.1 Å². The fourth-order valence-corrected chi connectivity index (χ4v) is 4.29. The Morgan fingerprint density at radius 3 is 2.39 bits per heavy atom. The maximum absolute atomic E-state index is 12.9. The van der Waals surface area contributed by atoms with Gasteiger partial charge in [-0.1, -0.05) is 43.3 Å². The van der Waals surface area contributed by atoms with Gasteiger partial charge in [0.25, 0.3) is 0 Å². The van der Waals surface area contributed by atoms with E-state index in [1.165, 1.54) is 23.7 Å². The average molecular weight is 441 g/mol. The Kier molecular flexibility index (Phi) is 7.26. The first kappa shape index (κ1) is 23.1. The number of benzene rings is 1. The number of rotatable bonds is 7. The van der Waals surface area contributed by atoms with Gasteiger partial charge in [0.2, 0.25) is 11.9 Å². The van der Waals surface area contributed by atoms with Crippen LogP contribution in [0.2, 0.25) is 0 Å². The van der Waals surface area contributed by atoms with Crippen LogP contribution < -0.4 is 10.2 Å². The van der Waals surface area contributed by atoms with Crippen molar-refractivity contribution in [2.45, 2.75) is 69.8 Å². The van der Waals surface area contributed by atoms with E-state index in [2.05, 4.69) is 57.7 Å². The zero-order valence-electron chi connectivity index (χ0n) is 19.1. The molecule has 1 saturated heterocycles. The van der Waals surface area contributed by atoms with Crippen molar-refractivity contribution in [3.63, 3.8) is 0 Å². The van der Waals surface area contributed by atoms with Gasteiger partial charge in [-0.15, -0.1) is 10.2 Å². The Morgan fingerprint density at radius 1 is 1.16 bits per heavy atom. The minimum atomic E-state index is -0.907. The van der Waals surface area contributed by atoms with Gasteiger partial charge in [0.1, 0.15) is 5.54 Å². The molecule has 7 nitrogen and oxygen atoms in total. The third-order valence-electron chi connectivity index (χ3n) is 5.97. The highest BCUT2D eigenvalue weighted by Crippen LogP contribution is 2.31. The number of nitriles is 1. The molecular weight excluding hydrogens is 408 g/mol. The Hall–Kier alpha value is -2.53. The first-order chi connectivity index (χ1) is 14.7. The molecule has 1 aromatic carbocycles. The largest absolute Gasteiger partial charge is 0.341 e. The maximum atomic E-state index is 12.9. The molecule has 0 saturated carbocycles. The van der Waals surface area contributed by atoms with Crippen LogP contribution in [0.25, 0.3) is 5.69 Å². The van der Waals surface area contributed by atoms with Crippen LogP contribution in [0, 0.1) is 24.2 Å². The van der Waals surface area contributed by atoms with Crippen LogP contribution in [0.5, 0.6) is 0 Å². The van der Waals surface area contributed by atoms with Gasteiger partial charge < -0.3 is 10.2 Å². The molecule has 1 fully saturated rings. The van der Waals surface area contributed by atoms with E-state index in [1.807, 2.05) is 25.3 Å². The number of nitrogens with zero attached hydrogens (tertiary/aromatic N) is 5. The van der Waals surface area contributed by atoms with E-state index in [0.717, 1.165) is 37.6 Å². The number of thioether (sulfide) groups is 1. The van der Waals surface area contributed by atoms with Crippen molar-refractivity contribution < 1.29 is 4.79 Å². The van der Waals surface area contributed by atoms with E-state index in [0.29, 0.717) is 5.16 Å². The van der Waals surface area contributed by atoms with Crippen molar-refractivity contribution in [3.8, 4) is 11.8 Å². The molecule has 1 amide bonds. The van der Waals surface area contributed by atoms with E-state index in [9.17, 15) is 10.1 Å². The van der Waals surface area contributed by atoms with E-state index >= 15 is 0 Å². The Bertz CT molecular complexity index is 942. The quantitative estimate of drug-likeness (QED) is 0.652. The number of piperidine rings is 1. The number of amides is 1. The molecule has 1 N–H and O–H groups in total. The van der Waals surface area contributed by atoms with Gasteiger partial charge in [0.15, 0.2) is 5.16 Å². The fraction of sp³-hybridized carbons (Fsp3) is 0.565. The summed E-state index contributed by atoms with van der Waals surface area (Å²) in [5, 5.41) is 21.7. The molecule has 0 spiro atoms. The maximum Gasteiger partial charge on any atom is 0.234 e. The molecule has 2 atom stereocenters. The molecule has 31 heavy (non-hydrogen) atoms. The Labute approximate surface area is 189 Å². The SMILES string of the molecule is Cc1ccc(-n2c(S[C@@H](C)C(=O)N[C@@](C)(C#N)C(C)C)nnc2N2CCCCC2)cc1. The molecule has 2 heterocycles. The van der Waals surface area contributed by atoms with Gasteiger partial charge in [0.05, 0.1) is 17.0 Å². The summed E-state index contributed by atoms with van der Waals surface area (Å²) >= 11 is 1.37. The predicted molar refractivity (Wildman–Crippen MR) is 124 cm³/mol. The predicted octanol–water partition coefficient (Wildman–Crippen LogP) is 4.10. The molecule has 0 aliphatic carbocycles. The highest BCUT2D eigenvalue weighted by molar-refractivity contribution is 8.00. The van der Waals surface area contributed by atoms with Crippen LogP contribution in [-0.4, -0.2) is 44.6 Å². The number of aromatic nitrogens is 3. The molecule has 0 radical (unpaired) electrons. The van der Waals surface area contributed by atoms with Gasteiger partial charge >= 0.3 is 0 Å². The number of aryl methyl sites for hydroxylation is 1. The van der Waals surface area contributed by atoms with Gasteiger partial charge in [-0.3, -0.25) is 9.36 Å². The summed E-state index contributed by atoms with van der Waals surface area (Å²) in [7, 11) is 0. The Morgan fingerprint density at radius 2 is 1.81 bits per heavy atom. The highest BCUT2D eigenvalue weighted by atomic mass is 32.2. The van der Waals surface area contributed by atoms with E-state index in [4.69, 9.17) is 0 Å². The smallest absolute Gasteiger partial charge is 0.234 e. The lowest BCUT2D eigenvalue weighted by molar-refractivity contribution is -0.121. The minimum Gasteiger partial charge on any atom is -0.341 e. The van der Waals surface area contributed by atoms with E-state index in [-0.39, 0.29) is 11.8 Å². The summed E-state index contributed by atoms with van der Waals surface area (Å²) in [6, 6.07) is 10.5. The number of carbonyl (C=O) groups is 1. The van der Waals surface area contributed by atoms with Crippen molar-refractivity contribution in [1.29, 1.82) is 5.26 Å². The number of hydrogen-bond donors (Lipinski definition) is 1. The molecule has 0 bridgehead atoms. The summed E-state index contributed by atoms with van der Waals surface area (Å²) in [4.78, 5) is 15.2. The molecule has 1 aliphatic rings. The third-order valence-corrected chi connectivity index (χ3v) is 7.01. The summed E-state index contributed by atoms with van der Waals surface area (Å²) in [5.41, 5.74) is 1.26. The molecule has 1 aliphatic heterocycles. The summed E-state index contributed by atoms with van der Waals surface area (Å²) in [6.45, 7) is 11.4. The summed E-state index contributed by atoms with van der Waals surface area (Å²) in [6.07, 6.45) is 3.52. The first-order valence-electron chi connectivity index (χ1n) is 10.9. The van der Waals surface area contributed by atoms with Gasteiger partial charge in [-0.25, -0.2) is 0 Å². The molecular formula is C23H32N6OS. The molecule has 8 heteroatoms. The van der Waals surface area contributed by atoms with E-state index in [1.54, 1.807) is 6.92 Å². The van der Waals surface area contributed by atoms with Gasteiger partial charge in [-0.2, -0.15) is 5.26 Å². The minimum absolute atomic E-state index is 0.000524. The Balaban J connectivity index is 1.88. The number of anilines is 1. The highest BCUT2D eigenvalue weighted by Gasteiger charge is 2.32. The molecule has 1 aromatic heterocycles.